The van der Waals surface area contributed by atoms with Crippen molar-refractivity contribution in [2.24, 2.45) is 35.5 Å². The summed E-state index contributed by atoms with van der Waals surface area (Å²) in [5.41, 5.74) is 0.385. The maximum absolute atomic E-state index is 13.0. The Balaban J connectivity index is 1.43. The molecule has 0 radical (unpaired) electrons. The van der Waals surface area contributed by atoms with Crippen LogP contribution in [0.1, 0.15) is 55.8 Å². The summed E-state index contributed by atoms with van der Waals surface area (Å²) >= 11 is 0. The molecular weight excluding hydrogens is 400 g/mol. The van der Waals surface area contributed by atoms with Crippen molar-refractivity contribution in [2.75, 3.05) is 0 Å². The summed E-state index contributed by atoms with van der Waals surface area (Å²) in [6.07, 6.45) is 8.84. The molecule has 7 atom stereocenters. The van der Waals surface area contributed by atoms with Crippen molar-refractivity contribution in [3.05, 3.63) is 55.6 Å². The summed E-state index contributed by atoms with van der Waals surface area (Å²) in [5.74, 6) is 2.45. The first-order valence-electron chi connectivity index (χ1n) is 11.1. The summed E-state index contributed by atoms with van der Waals surface area (Å²) in [7, 11) is 0. The van der Waals surface area contributed by atoms with Crippen molar-refractivity contribution in [1.82, 2.24) is 0 Å². The van der Waals surface area contributed by atoms with Crippen LogP contribution >= 0.6 is 0 Å². The molecule has 4 aliphatic carbocycles. The number of esters is 1. The fourth-order valence-corrected chi connectivity index (χ4v) is 7.07. The molecule has 0 saturated heterocycles. The predicted octanol–water partition coefficient (Wildman–Crippen LogP) is 5.07. The molecule has 31 heavy (non-hydrogen) atoms. The minimum atomic E-state index is -0.725. The summed E-state index contributed by atoms with van der Waals surface area (Å²) in [5, 5.41) is 22.4. The SMILES string of the molecule is CC1=C[C@@H]2[C@H](CC1)C[C@H](OC(=O)c1cc([N+](=O)[O-])cc([N+](=O)[O-])c1)[C@@H]1[C@H]3CC[C@@H](C3)[C@H]21. The van der Waals surface area contributed by atoms with Gasteiger partial charge in [-0.3, -0.25) is 20.2 Å². The van der Waals surface area contributed by atoms with E-state index >= 15 is 0 Å². The van der Waals surface area contributed by atoms with Crippen LogP contribution in [0, 0.1) is 55.7 Å². The highest BCUT2D eigenvalue weighted by atomic mass is 16.6. The summed E-state index contributed by atoms with van der Waals surface area (Å²) in [4.78, 5) is 33.9. The van der Waals surface area contributed by atoms with Crippen LogP contribution in [0.4, 0.5) is 11.4 Å². The van der Waals surface area contributed by atoms with E-state index in [9.17, 15) is 25.0 Å². The lowest BCUT2D eigenvalue weighted by Gasteiger charge is -2.49. The van der Waals surface area contributed by atoms with Gasteiger partial charge in [-0.2, -0.15) is 0 Å². The van der Waals surface area contributed by atoms with Gasteiger partial charge in [-0.05, 0) is 75.0 Å². The Bertz CT molecular complexity index is 956. The van der Waals surface area contributed by atoms with Gasteiger partial charge < -0.3 is 4.74 Å². The molecule has 1 aromatic carbocycles. The van der Waals surface area contributed by atoms with E-state index in [1.54, 1.807) is 0 Å². The zero-order valence-corrected chi connectivity index (χ0v) is 17.4. The van der Waals surface area contributed by atoms with Crippen LogP contribution in [-0.4, -0.2) is 21.9 Å². The van der Waals surface area contributed by atoms with Gasteiger partial charge >= 0.3 is 5.97 Å². The number of nitro groups is 2. The van der Waals surface area contributed by atoms with E-state index in [1.165, 1.54) is 24.8 Å². The normalized spacial score (nSPS) is 35.6. The zero-order valence-electron chi connectivity index (χ0n) is 17.4. The number of rotatable bonds is 4. The third-order valence-electron chi connectivity index (χ3n) is 8.20. The van der Waals surface area contributed by atoms with Crippen LogP contribution < -0.4 is 0 Å². The molecule has 4 aliphatic rings. The third-order valence-corrected chi connectivity index (χ3v) is 8.20. The van der Waals surface area contributed by atoms with Gasteiger partial charge in [-0.25, -0.2) is 4.79 Å². The second-order valence-electron chi connectivity index (χ2n) is 9.81. The monoisotopic (exact) mass is 426 g/mol. The lowest BCUT2D eigenvalue weighted by atomic mass is 9.58. The average Bonchev–Trinajstić information content (AvgIpc) is 3.36. The van der Waals surface area contributed by atoms with E-state index in [0.717, 1.165) is 37.5 Å². The van der Waals surface area contributed by atoms with E-state index in [2.05, 4.69) is 13.0 Å². The number of fused-ring (bicyclic) bond motifs is 7. The fraction of sp³-hybridized carbons (Fsp3) is 0.609. The molecule has 164 valence electrons. The van der Waals surface area contributed by atoms with E-state index in [-0.39, 0.29) is 11.7 Å². The molecule has 5 rings (SSSR count). The molecule has 0 N–H and O–H groups in total. The topological polar surface area (TPSA) is 113 Å². The lowest BCUT2D eigenvalue weighted by molar-refractivity contribution is -0.394. The summed E-state index contributed by atoms with van der Waals surface area (Å²) < 4.78 is 5.98. The number of benzene rings is 1. The Kier molecular flexibility index (Phi) is 4.83. The Morgan fingerprint density at radius 3 is 2.23 bits per heavy atom. The van der Waals surface area contributed by atoms with Gasteiger partial charge in [0.15, 0.2) is 0 Å². The van der Waals surface area contributed by atoms with Crippen LogP contribution in [-0.2, 0) is 4.74 Å². The molecule has 0 aromatic heterocycles. The molecule has 0 spiro atoms. The zero-order chi connectivity index (χ0) is 21.9. The van der Waals surface area contributed by atoms with E-state index in [0.29, 0.717) is 35.5 Å². The first-order chi connectivity index (χ1) is 14.8. The number of carbonyl (C=O) groups is 1. The minimum Gasteiger partial charge on any atom is -0.458 e. The van der Waals surface area contributed by atoms with Crippen molar-refractivity contribution in [3.8, 4) is 0 Å². The van der Waals surface area contributed by atoms with Crippen LogP contribution in [0.5, 0.6) is 0 Å². The van der Waals surface area contributed by atoms with E-state index < -0.39 is 27.2 Å². The van der Waals surface area contributed by atoms with Crippen molar-refractivity contribution in [3.63, 3.8) is 0 Å². The highest BCUT2D eigenvalue weighted by Gasteiger charge is 2.58. The fourth-order valence-electron chi connectivity index (χ4n) is 7.07. The second kappa shape index (κ2) is 7.43. The number of allylic oxidation sites excluding steroid dienone is 2. The summed E-state index contributed by atoms with van der Waals surface area (Å²) in [6, 6.07) is 3.02. The van der Waals surface area contributed by atoms with E-state index in [4.69, 9.17) is 4.74 Å². The maximum atomic E-state index is 13.0. The van der Waals surface area contributed by atoms with Gasteiger partial charge in [0.05, 0.1) is 21.5 Å². The van der Waals surface area contributed by atoms with Crippen molar-refractivity contribution in [1.29, 1.82) is 0 Å². The van der Waals surface area contributed by atoms with Crippen molar-refractivity contribution >= 4 is 17.3 Å². The first-order valence-corrected chi connectivity index (χ1v) is 11.1. The van der Waals surface area contributed by atoms with Crippen LogP contribution in [0.25, 0.3) is 0 Å². The predicted molar refractivity (Wildman–Crippen MR) is 111 cm³/mol. The minimum absolute atomic E-state index is 0.123. The van der Waals surface area contributed by atoms with Gasteiger partial charge in [-0.1, -0.05) is 11.6 Å². The maximum Gasteiger partial charge on any atom is 0.338 e. The largest absolute Gasteiger partial charge is 0.458 e. The smallest absolute Gasteiger partial charge is 0.338 e. The Morgan fingerprint density at radius 1 is 0.935 bits per heavy atom. The van der Waals surface area contributed by atoms with Crippen LogP contribution in [0.2, 0.25) is 0 Å². The van der Waals surface area contributed by atoms with Gasteiger partial charge in [-0.15, -0.1) is 0 Å². The first kappa shape index (κ1) is 20.2. The highest BCUT2D eigenvalue weighted by Crippen LogP contribution is 2.62. The van der Waals surface area contributed by atoms with E-state index in [1.807, 2.05) is 0 Å². The number of hydrogen-bond donors (Lipinski definition) is 0. The van der Waals surface area contributed by atoms with Crippen molar-refractivity contribution < 1.29 is 19.4 Å². The second-order valence-corrected chi connectivity index (χ2v) is 9.81. The molecule has 0 unspecified atom stereocenters. The molecular formula is C23H26N2O6. The van der Waals surface area contributed by atoms with Crippen LogP contribution in [0.3, 0.4) is 0 Å². The molecule has 1 aromatic rings. The number of carbonyl (C=O) groups excluding carboxylic acids is 1. The third kappa shape index (κ3) is 3.42. The molecule has 3 fully saturated rings. The molecule has 0 aliphatic heterocycles. The lowest BCUT2D eigenvalue weighted by Crippen LogP contribution is -2.47. The molecule has 8 nitrogen and oxygen atoms in total. The Labute approximate surface area is 180 Å². The number of nitro benzene ring substituents is 2. The molecule has 2 bridgehead atoms. The average molecular weight is 426 g/mol. The molecule has 0 amide bonds. The standard InChI is InChI=1S/C23H26N2O6/c1-12-2-3-13-10-20(22-15-5-4-14(7-15)21(22)19(13)6-12)31-23(26)16-8-17(24(27)28)11-18(9-16)25(29)30/h6,8-9,11,13-15,19-22H,2-5,7,10H2,1H3/t13-,14+,15+,19-,20+,21-,22+/m1/s1. The van der Waals surface area contributed by atoms with Crippen molar-refractivity contribution in [2.45, 2.75) is 51.6 Å². The Morgan fingerprint density at radius 2 is 1.58 bits per heavy atom. The number of nitrogens with zero attached hydrogens (tertiary/aromatic N) is 2. The molecule has 3 saturated carbocycles. The highest BCUT2D eigenvalue weighted by molar-refractivity contribution is 5.91. The van der Waals surface area contributed by atoms with Gasteiger partial charge in [0.1, 0.15) is 6.10 Å². The number of hydrogen-bond acceptors (Lipinski definition) is 6. The number of non-ortho nitro benzene ring substituents is 2. The van der Waals surface area contributed by atoms with Gasteiger partial charge in [0.25, 0.3) is 11.4 Å². The summed E-state index contributed by atoms with van der Waals surface area (Å²) in [6.45, 7) is 2.21. The number of ether oxygens (including phenoxy) is 1. The molecule has 8 heteroatoms. The van der Waals surface area contributed by atoms with Gasteiger partial charge in [0, 0.05) is 18.1 Å². The van der Waals surface area contributed by atoms with Crippen LogP contribution in [0.15, 0.2) is 29.8 Å². The Hall–Kier alpha value is -2.77. The van der Waals surface area contributed by atoms with Gasteiger partial charge in [0.2, 0.25) is 0 Å². The molecule has 0 heterocycles. The quantitative estimate of drug-likeness (QED) is 0.288.